The van der Waals surface area contributed by atoms with Crippen LogP contribution in [0.1, 0.15) is 0 Å². The highest BCUT2D eigenvalue weighted by molar-refractivity contribution is 7.99. The summed E-state index contributed by atoms with van der Waals surface area (Å²) in [6.07, 6.45) is 4.60. The zero-order valence-corrected chi connectivity index (χ0v) is 16.7. The van der Waals surface area contributed by atoms with Crippen LogP contribution in [-0.4, -0.2) is 35.9 Å². The van der Waals surface area contributed by atoms with Crippen molar-refractivity contribution in [2.45, 2.75) is 10.1 Å². The second-order valence-electron chi connectivity index (χ2n) is 5.69. The fourth-order valence-electron chi connectivity index (χ4n) is 2.33. The van der Waals surface area contributed by atoms with Crippen molar-refractivity contribution in [1.82, 2.24) is 9.55 Å². The SMILES string of the molecule is CS(=O)(=O)c1ccc(NC(=O)CSc2nccn2-c2cccc(Cl)c2)cc1. The third-order valence-electron chi connectivity index (χ3n) is 3.59. The van der Waals surface area contributed by atoms with Crippen LogP contribution in [0.15, 0.2) is 71.0 Å². The van der Waals surface area contributed by atoms with E-state index in [9.17, 15) is 13.2 Å². The van der Waals surface area contributed by atoms with Crippen molar-refractivity contribution in [1.29, 1.82) is 0 Å². The maximum atomic E-state index is 12.2. The molecule has 1 aromatic heterocycles. The number of sulfone groups is 1. The molecule has 0 aliphatic carbocycles. The van der Waals surface area contributed by atoms with Crippen LogP contribution in [0.3, 0.4) is 0 Å². The van der Waals surface area contributed by atoms with Crippen LogP contribution in [0.4, 0.5) is 5.69 Å². The predicted molar refractivity (Wildman–Crippen MR) is 107 cm³/mol. The highest BCUT2D eigenvalue weighted by atomic mass is 35.5. The van der Waals surface area contributed by atoms with Gasteiger partial charge in [0.05, 0.1) is 10.6 Å². The van der Waals surface area contributed by atoms with Gasteiger partial charge >= 0.3 is 0 Å². The lowest BCUT2D eigenvalue weighted by molar-refractivity contribution is -0.113. The number of anilines is 1. The third-order valence-corrected chi connectivity index (χ3v) is 5.92. The summed E-state index contributed by atoms with van der Waals surface area (Å²) in [5.74, 6) is -0.0569. The molecule has 6 nitrogen and oxygen atoms in total. The van der Waals surface area contributed by atoms with Crippen LogP contribution in [0.5, 0.6) is 0 Å². The van der Waals surface area contributed by atoms with E-state index in [4.69, 9.17) is 11.6 Å². The molecule has 0 aliphatic rings. The molecule has 27 heavy (non-hydrogen) atoms. The lowest BCUT2D eigenvalue weighted by atomic mass is 10.3. The van der Waals surface area contributed by atoms with E-state index < -0.39 is 9.84 Å². The lowest BCUT2D eigenvalue weighted by Gasteiger charge is -2.08. The largest absolute Gasteiger partial charge is 0.325 e. The van der Waals surface area contributed by atoms with Gasteiger partial charge in [-0.3, -0.25) is 9.36 Å². The molecule has 140 valence electrons. The molecule has 0 bridgehead atoms. The molecule has 0 aliphatic heterocycles. The van der Waals surface area contributed by atoms with Crippen molar-refractivity contribution < 1.29 is 13.2 Å². The average Bonchev–Trinajstić information content (AvgIpc) is 3.08. The van der Waals surface area contributed by atoms with Gasteiger partial charge in [-0.2, -0.15) is 0 Å². The Morgan fingerprint density at radius 1 is 1.22 bits per heavy atom. The lowest BCUT2D eigenvalue weighted by Crippen LogP contribution is -2.14. The van der Waals surface area contributed by atoms with Crippen LogP contribution in [0.25, 0.3) is 5.69 Å². The molecule has 3 rings (SSSR count). The number of nitrogens with zero attached hydrogens (tertiary/aromatic N) is 2. The van der Waals surface area contributed by atoms with Crippen molar-refractivity contribution in [3.05, 3.63) is 65.9 Å². The van der Waals surface area contributed by atoms with Gasteiger partial charge in [0.25, 0.3) is 0 Å². The van der Waals surface area contributed by atoms with Crippen molar-refractivity contribution in [3.63, 3.8) is 0 Å². The Bertz CT molecular complexity index is 1060. The minimum atomic E-state index is -3.26. The molecule has 1 heterocycles. The maximum Gasteiger partial charge on any atom is 0.234 e. The van der Waals surface area contributed by atoms with E-state index in [1.54, 1.807) is 30.6 Å². The zero-order chi connectivity index (χ0) is 19.4. The highest BCUT2D eigenvalue weighted by Gasteiger charge is 2.11. The fraction of sp³-hybridized carbons (Fsp3) is 0.111. The molecule has 0 unspecified atom stereocenters. The van der Waals surface area contributed by atoms with Gasteiger partial charge in [-0.05, 0) is 42.5 Å². The molecule has 0 saturated heterocycles. The molecular weight excluding hydrogens is 406 g/mol. The molecular formula is C18H16ClN3O3S2. The van der Waals surface area contributed by atoms with Crippen LogP contribution >= 0.6 is 23.4 Å². The summed E-state index contributed by atoms with van der Waals surface area (Å²) in [5, 5.41) is 4.02. The number of aromatic nitrogens is 2. The number of rotatable bonds is 6. The van der Waals surface area contributed by atoms with Gasteiger partial charge in [-0.25, -0.2) is 13.4 Å². The van der Waals surface area contributed by atoms with Crippen molar-refractivity contribution >= 4 is 44.8 Å². The summed E-state index contributed by atoms with van der Waals surface area (Å²) < 4.78 is 24.8. The maximum absolute atomic E-state index is 12.2. The highest BCUT2D eigenvalue weighted by Crippen LogP contribution is 2.23. The van der Waals surface area contributed by atoms with E-state index >= 15 is 0 Å². The monoisotopic (exact) mass is 421 g/mol. The quantitative estimate of drug-likeness (QED) is 0.614. The normalized spacial score (nSPS) is 11.3. The summed E-state index contributed by atoms with van der Waals surface area (Å²) in [4.78, 5) is 16.7. The molecule has 0 atom stereocenters. The first-order valence-electron chi connectivity index (χ1n) is 7.85. The molecule has 1 N–H and O–H groups in total. The Hall–Kier alpha value is -2.29. The van der Waals surface area contributed by atoms with E-state index in [0.717, 1.165) is 11.9 Å². The summed E-state index contributed by atoms with van der Waals surface area (Å²) >= 11 is 7.32. The smallest absolute Gasteiger partial charge is 0.234 e. The second-order valence-corrected chi connectivity index (χ2v) is 9.09. The second kappa shape index (κ2) is 8.16. The van der Waals surface area contributed by atoms with Crippen molar-refractivity contribution in [3.8, 4) is 5.69 Å². The van der Waals surface area contributed by atoms with E-state index in [-0.39, 0.29) is 16.6 Å². The van der Waals surface area contributed by atoms with Gasteiger partial charge < -0.3 is 5.32 Å². The third kappa shape index (κ3) is 5.12. The first-order chi connectivity index (χ1) is 12.8. The molecule has 1 amide bonds. The van der Waals surface area contributed by atoms with Crippen LogP contribution in [0.2, 0.25) is 5.02 Å². The predicted octanol–water partition coefficient (Wildman–Crippen LogP) is 3.66. The Morgan fingerprint density at radius 3 is 2.63 bits per heavy atom. The van der Waals surface area contributed by atoms with E-state index in [1.807, 2.05) is 22.8 Å². The number of nitrogens with one attached hydrogen (secondary N) is 1. The van der Waals surface area contributed by atoms with Crippen LogP contribution < -0.4 is 5.32 Å². The first kappa shape index (κ1) is 19.5. The molecule has 0 spiro atoms. The molecule has 9 heteroatoms. The minimum absolute atomic E-state index is 0.158. The Kier molecular flexibility index (Phi) is 5.88. The average molecular weight is 422 g/mol. The van der Waals surface area contributed by atoms with Gasteiger partial charge in [0.1, 0.15) is 0 Å². The number of carbonyl (C=O) groups is 1. The topological polar surface area (TPSA) is 81.1 Å². The zero-order valence-electron chi connectivity index (χ0n) is 14.3. The van der Waals surface area contributed by atoms with Gasteiger partial charge in [-0.15, -0.1) is 0 Å². The number of halogens is 1. The number of carbonyl (C=O) groups excluding carboxylic acids is 1. The number of hydrogen-bond donors (Lipinski definition) is 1. The summed E-state index contributed by atoms with van der Waals surface area (Å²) in [6, 6.07) is 13.4. The standard InChI is InChI=1S/C18H16ClN3O3S2/c1-27(24,25)16-7-5-14(6-8-16)21-17(23)12-26-18-20-9-10-22(18)15-4-2-3-13(19)11-15/h2-11H,12H2,1H3,(H,21,23). The molecule has 0 radical (unpaired) electrons. The number of imidazole rings is 1. The van der Waals surface area contributed by atoms with Crippen LogP contribution in [-0.2, 0) is 14.6 Å². The van der Waals surface area contributed by atoms with Gasteiger partial charge in [0, 0.05) is 35.0 Å². The number of amides is 1. The van der Waals surface area contributed by atoms with Crippen LogP contribution in [0, 0.1) is 0 Å². The summed E-state index contributed by atoms with van der Waals surface area (Å²) in [6.45, 7) is 0. The summed E-state index contributed by atoms with van der Waals surface area (Å²) in [5.41, 5.74) is 1.39. The number of thioether (sulfide) groups is 1. The Balaban J connectivity index is 1.63. The summed E-state index contributed by atoms with van der Waals surface area (Å²) in [7, 11) is -3.26. The Morgan fingerprint density at radius 2 is 1.96 bits per heavy atom. The molecule has 3 aromatic rings. The first-order valence-corrected chi connectivity index (χ1v) is 11.1. The van der Waals surface area contributed by atoms with Crippen molar-refractivity contribution in [2.24, 2.45) is 0 Å². The van der Waals surface area contributed by atoms with E-state index in [2.05, 4.69) is 10.3 Å². The molecule has 0 saturated carbocycles. The molecule has 2 aromatic carbocycles. The Labute approximate surface area is 166 Å². The van der Waals surface area contributed by atoms with Gasteiger partial charge in [-0.1, -0.05) is 29.4 Å². The minimum Gasteiger partial charge on any atom is -0.325 e. The van der Waals surface area contributed by atoms with Gasteiger partial charge in [0.15, 0.2) is 15.0 Å². The fourth-order valence-corrected chi connectivity index (χ4v) is 3.92. The molecule has 0 fully saturated rings. The van der Waals surface area contributed by atoms with Gasteiger partial charge in [0.2, 0.25) is 5.91 Å². The van der Waals surface area contributed by atoms with Crippen molar-refractivity contribution in [2.75, 3.05) is 17.3 Å². The number of hydrogen-bond acceptors (Lipinski definition) is 5. The van der Waals surface area contributed by atoms with E-state index in [1.165, 1.54) is 23.9 Å². The number of benzene rings is 2. The van der Waals surface area contributed by atoms with E-state index in [0.29, 0.717) is 15.9 Å².